The molecule has 0 aromatic rings. The number of hydrogen-bond acceptors (Lipinski definition) is 4. The zero-order valence-electron chi connectivity index (χ0n) is 18.7. The van der Waals surface area contributed by atoms with Crippen LogP contribution in [-0.4, -0.2) is 35.8 Å². The second-order valence-electron chi connectivity index (χ2n) is 8.38. The molecule has 1 aliphatic rings. The molecule has 1 saturated heterocycles. The molecule has 1 heterocycles. The van der Waals surface area contributed by atoms with Crippen molar-refractivity contribution in [3.05, 3.63) is 0 Å². The zero-order chi connectivity index (χ0) is 20.1. The Hall–Kier alpha value is 0.230. The topological polar surface area (TPSA) is 38.7 Å². The second kappa shape index (κ2) is 20.5. The summed E-state index contributed by atoms with van der Waals surface area (Å²) in [7, 11) is 0. The highest BCUT2D eigenvalue weighted by atomic mass is 32.2. The number of thioether (sulfide) groups is 1. The SMILES string of the molecule is CCCCCCCCCCCCCCCC(O)SCCCOC1CCCCO1. The van der Waals surface area contributed by atoms with E-state index in [1.165, 1.54) is 89.9 Å². The van der Waals surface area contributed by atoms with Gasteiger partial charge in [0.25, 0.3) is 0 Å². The van der Waals surface area contributed by atoms with Crippen LogP contribution in [-0.2, 0) is 9.47 Å². The minimum Gasteiger partial charge on any atom is -0.382 e. The van der Waals surface area contributed by atoms with Crippen molar-refractivity contribution in [2.75, 3.05) is 19.0 Å². The van der Waals surface area contributed by atoms with E-state index >= 15 is 0 Å². The van der Waals surface area contributed by atoms with Gasteiger partial charge in [-0.3, -0.25) is 0 Å². The van der Waals surface area contributed by atoms with Gasteiger partial charge in [-0.05, 0) is 37.9 Å². The fourth-order valence-electron chi connectivity index (χ4n) is 3.76. The second-order valence-corrected chi connectivity index (χ2v) is 9.66. The minimum absolute atomic E-state index is 0.0227. The van der Waals surface area contributed by atoms with Gasteiger partial charge in [-0.25, -0.2) is 0 Å². The van der Waals surface area contributed by atoms with E-state index in [2.05, 4.69) is 6.92 Å². The Bertz CT molecular complexity index is 308. The molecule has 28 heavy (non-hydrogen) atoms. The van der Waals surface area contributed by atoms with Crippen molar-refractivity contribution in [2.24, 2.45) is 0 Å². The summed E-state index contributed by atoms with van der Waals surface area (Å²) in [5.41, 5.74) is -0.196. The highest BCUT2D eigenvalue weighted by Gasteiger charge is 2.13. The summed E-state index contributed by atoms with van der Waals surface area (Å²) < 4.78 is 11.3. The van der Waals surface area contributed by atoms with Crippen LogP contribution in [0.3, 0.4) is 0 Å². The average Bonchev–Trinajstić information content (AvgIpc) is 2.72. The fraction of sp³-hybridized carbons (Fsp3) is 1.00. The Morgan fingerprint density at radius 3 is 2.04 bits per heavy atom. The van der Waals surface area contributed by atoms with Gasteiger partial charge < -0.3 is 14.6 Å². The van der Waals surface area contributed by atoms with E-state index in [1.807, 2.05) is 0 Å². The predicted octanol–water partition coefficient (Wildman–Crippen LogP) is 7.45. The summed E-state index contributed by atoms with van der Waals surface area (Å²) in [6.07, 6.45) is 23.3. The normalized spacial score (nSPS) is 18.4. The van der Waals surface area contributed by atoms with E-state index in [1.54, 1.807) is 11.8 Å². The molecule has 1 N–H and O–H groups in total. The first kappa shape index (κ1) is 26.3. The van der Waals surface area contributed by atoms with Crippen LogP contribution in [0.2, 0.25) is 0 Å². The van der Waals surface area contributed by atoms with Gasteiger partial charge in [-0.2, -0.15) is 0 Å². The van der Waals surface area contributed by atoms with Crippen LogP contribution in [0.1, 0.15) is 122 Å². The van der Waals surface area contributed by atoms with Crippen LogP contribution in [0.15, 0.2) is 0 Å². The Morgan fingerprint density at radius 1 is 0.857 bits per heavy atom. The largest absolute Gasteiger partial charge is 0.382 e. The van der Waals surface area contributed by atoms with E-state index in [9.17, 15) is 5.11 Å². The molecule has 1 aliphatic heterocycles. The molecular weight excluding hydrogens is 368 g/mol. The first-order chi connectivity index (χ1) is 13.8. The van der Waals surface area contributed by atoms with Crippen LogP contribution >= 0.6 is 11.8 Å². The smallest absolute Gasteiger partial charge is 0.157 e. The molecule has 1 rings (SSSR count). The first-order valence-electron chi connectivity index (χ1n) is 12.4. The highest BCUT2D eigenvalue weighted by molar-refractivity contribution is 7.99. The molecule has 0 aromatic heterocycles. The Labute approximate surface area is 179 Å². The van der Waals surface area contributed by atoms with Crippen molar-refractivity contribution in [1.82, 2.24) is 0 Å². The Balaban J connectivity index is 1.72. The van der Waals surface area contributed by atoms with Crippen molar-refractivity contribution in [3.63, 3.8) is 0 Å². The minimum atomic E-state index is -0.196. The van der Waals surface area contributed by atoms with Gasteiger partial charge in [-0.15, -0.1) is 11.8 Å². The lowest BCUT2D eigenvalue weighted by Crippen LogP contribution is -2.22. The summed E-state index contributed by atoms with van der Waals surface area (Å²) in [4.78, 5) is 0. The van der Waals surface area contributed by atoms with E-state index in [0.29, 0.717) is 0 Å². The highest BCUT2D eigenvalue weighted by Crippen LogP contribution is 2.19. The maximum atomic E-state index is 10.1. The third kappa shape index (κ3) is 17.1. The summed E-state index contributed by atoms with van der Waals surface area (Å²) in [6.45, 7) is 3.88. The average molecular weight is 417 g/mol. The molecular formula is C24H48O3S. The number of hydrogen-bond donors (Lipinski definition) is 1. The first-order valence-corrected chi connectivity index (χ1v) is 13.4. The van der Waals surface area contributed by atoms with E-state index < -0.39 is 0 Å². The maximum Gasteiger partial charge on any atom is 0.157 e. The summed E-state index contributed by atoms with van der Waals surface area (Å²) in [5.74, 6) is 0.979. The molecule has 0 spiro atoms. The number of rotatable bonds is 20. The van der Waals surface area contributed by atoms with Crippen molar-refractivity contribution >= 4 is 11.8 Å². The predicted molar refractivity (Wildman–Crippen MR) is 123 cm³/mol. The quantitative estimate of drug-likeness (QED) is 0.165. The molecule has 3 nitrogen and oxygen atoms in total. The molecule has 2 atom stereocenters. The van der Waals surface area contributed by atoms with Crippen molar-refractivity contribution in [1.29, 1.82) is 0 Å². The molecule has 0 radical (unpaired) electrons. The number of aliphatic hydroxyl groups is 1. The lowest BCUT2D eigenvalue weighted by molar-refractivity contribution is -0.162. The van der Waals surface area contributed by atoms with E-state index in [4.69, 9.17) is 9.47 Å². The van der Waals surface area contributed by atoms with Crippen LogP contribution in [0.25, 0.3) is 0 Å². The Morgan fingerprint density at radius 2 is 1.46 bits per heavy atom. The van der Waals surface area contributed by atoms with Gasteiger partial charge in [0.15, 0.2) is 6.29 Å². The summed E-state index contributed by atoms with van der Waals surface area (Å²) >= 11 is 1.68. The molecule has 4 heteroatoms. The van der Waals surface area contributed by atoms with Crippen molar-refractivity contribution < 1.29 is 14.6 Å². The molecule has 2 unspecified atom stereocenters. The van der Waals surface area contributed by atoms with Crippen LogP contribution in [0, 0.1) is 0 Å². The summed E-state index contributed by atoms with van der Waals surface area (Å²) in [6, 6.07) is 0. The molecule has 0 amide bonds. The van der Waals surface area contributed by atoms with E-state index in [0.717, 1.165) is 44.6 Å². The van der Waals surface area contributed by atoms with Crippen molar-refractivity contribution in [2.45, 2.75) is 134 Å². The molecule has 0 bridgehead atoms. The maximum absolute atomic E-state index is 10.1. The number of unbranched alkanes of at least 4 members (excludes halogenated alkanes) is 12. The molecule has 0 aromatic carbocycles. The van der Waals surface area contributed by atoms with E-state index in [-0.39, 0.29) is 11.7 Å². The molecule has 0 aliphatic carbocycles. The fourth-order valence-corrected chi connectivity index (χ4v) is 4.65. The third-order valence-corrected chi connectivity index (χ3v) is 6.74. The lowest BCUT2D eigenvalue weighted by atomic mass is 10.0. The third-order valence-electron chi connectivity index (χ3n) is 5.60. The van der Waals surface area contributed by atoms with Crippen molar-refractivity contribution in [3.8, 4) is 0 Å². The zero-order valence-corrected chi connectivity index (χ0v) is 19.5. The van der Waals surface area contributed by atoms with Gasteiger partial charge in [-0.1, -0.05) is 90.4 Å². The van der Waals surface area contributed by atoms with Gasteiger partial charge in [0.1, 0.15) is 0 Å². The molecule has 1 fully saturated rings. The van der Waals surface area contributed by atoms with Gasteiger partial charge in [0.05, 0.1) is 12.0 Å². The van der Waals surface area contributed by atoms with Crippen LogP contribution in [0.5, 0.6) is 0 Å². The van der Waals surface area contributed by atoms with Gasteiger partial charge in [0.2, 0.25) is 0 Å². The number of ether oxygens (including phenoxy) is 2. The summed E-state index contributed by atoms with van der Waals surface area (Å²) in [5, 5.41) is 10.1. The van der Waals surface area contributed by atoms with Crippen LogP contribution in [0.4, 0.5) is 0 Å². The Kier molecular flexibility index (Phi) is 19.2. The van der Waals surface area contributed by atoms with Gasteiger partial charge >= 0.3 is 0 Å². The molecule has 168 valence electrons. The standard InChI is InChI=1S/C24H48O3S/c1-2-3-4-5-6-7-8-9-10-11-12-13-14-18-23(25)28-22-17-21-27-24-19-15-16-20-26-24/h23-25H,2-22H2,1H3. The molecule has 0 saturated carbocycles. The van der Waals surface area contributed by atoms with Crippen LogP contribution < -0.4 is 0 Å². The lowest BCUT2D eigenvalue weighted by Gasteiger charge is -2.22. The monoisotopic (exact) mass is 416 g/mol. The number of aliphatic hydroxyl groups excluding tert-OH is 1. The van der Waals surface area contributed by atoms with Gasteiger partial charge in [0, 0.05) is 6.61 Å².